The molecule has 0 saturated carbocycles. The van der Waals surface area contributed by atoms with Crippen molar-refractivity contribution >= 4 is 15.4 Å². The summed E-state index contributed by atoms with van der Waals surface area (Å²) in [6, 6.07) is 6.45. The molecule has 0 bridgehead atoms. The summed E-state index contributed by atoms with van der Waals surface area (Å²) < 4.78 is 22.6. The van der Waals surface area contributed by atoms with Crippen molar-refractivity contribution in [2.45, 2.75) is 0 Å². The molecule has 4 nitrogen and oxygen atoms in total. The van der Waals surface area contributed by atoms with Crippen LogP contribution >= 0.6 is 0 Å². The molecule has 0 radical (unpaired) electrons. The molecule has 3 N–H and O–H groups in total. The summed E-state index contributed by atoms with van der Waals surface area (Å²) in [5, 5.41) is 10.4. The largest absolute Gasteiger partial charge is 0.507 e. The number of nitrogens with two attached hydrogens (primary N) is 1. The third-order valence-corrected chi connectivity index (χ3v) is 3.51. The smallest absolute Gasteiger partial charge is 0.215 e. The minimum absolute atomic E-state index is 0.0113. The molecule has 0 spiro atoms. The number of rotatable bonds is 1. The quantitative estimate of drug-likeness (QED) is 0.743. The summed E-state index contributed by atoms with van der Waals surface area (Å²) in [7, 11) is -3.47. The fraction of sp³-hybridized carbons (Fsp3) is 0. The van der Waals surface area contributed by atoms with Crippen molar-refractivity contribution in [3.05, 3.63) is 46.3 Å². The van der Waals surface area contributed by atoms with E-state index in [0.717, 1.165) is 5.41 Å². The first-order valence-corrected chi connectivity index (χ1v) is 5.78. The highest BCUT2D eigenvalue weighted by atomic mass is 32.2. The number of benzene rings is 1. The Hall–Kier alpha value is -1.75. The van der Waals surface area contributed by atoms with Crippen LogP contribution in [0.3, 0.4) is 0 Å². The van der Waals surface area contributed by atoms with E-state index in [9.17, 15) is 13.5 Å². The van der Waals surface area contributed by atoms with E-state index in [1.165, 1.54) is 12.1 Å². The zero-order chi connectivity index (χ0) is 11.1. The van der Waals surface area contributed by atoms with Crippen LogP contribution in [0.2, 0.25) is 0 Å². The molecular formula is C10H9NO3S. The van der Waals surface area contributed by atoms with E-state index in [1.807, 2.05) is 0 Å². The second-order valence-corrected chi connectivity index (χ2v) is 4.94. The average molecular weight is 223 g/mol. The zero-order valence-electron chi connectivity index (χ0n) is 7.71. The van der Waals surface area contributed by atoms with E-state index in [1.54, 1.807) is 18.2 Å². The van der Waals surface area contributed by atoms with Gasteiger partial charge in [-0.3, -0.25) is 0 Å². The third kappa shape index (κ3) is 1.50. The van der Waals surface area contributed by atoms with Crippen LogP contribution in [0.4, 0.5) is 0 Å². The second kappa shape index (κ2) is 3.13. The van der Waals surface area contributed by atoms with Crippen LogP contribution in [0.1, 0.15) is 5.56 Å². The van der Waals surface area contributed by atoms with Gasteiger partial charge in [-0.05, 0) is 12.1 Å². The SMILES string of the molecule is NC1=C(c2ccccc2O)C=CS1(=O)=O. The van der Waals surface area contributed by atoms with Crippen LogP contribution in [-0.4, -0.2) is 13.5 Å². The van der Waals surface area contributed by atoms with E-state index in [-0.39, 0.29) is 10.8 Å². The first-order chi connectivity index (χ1) is 7.02. The van der Waals surface area contributed by atoms with Gasteiger partial charge in [-0.15, -0.1) is 0 Å². The molecule has 1 heterocycles. The molecule has 78 valence electrons. The monoisotopic (exact) mass is 223 g/mol. The molecule has 0 saturated heterocycles. The summed E-state index contributed by atoms with van der Waals surface area (Å²) in [5.74, 6) is 0.0113. The van der Waals surface area contributed by atoms with Gasteiger partial charge in [-0.1, -0.05) is 18.2 Å². The van der Waals surface area contributed by atoms with Gasteiger partial charge in [0, 0.05) is 16.5 Å². The van der Waals surface area contributed by atoms with Gasteiger partial charge in [-0.2, -0.15) is 0 Å². The molecule has 5 heteroatoms. The number of para-hydroxylation sites is 1. The maximum Gasteiger partial charge on any atom is 0.215 e. The maximum atomic E-state index is 11.3. The normalized spacial score (nSPS) is 18.4. The second-order valence-electron chi connectivity index (χ2n) is 3.14. The number of aromatic hydroxyl groups is 1. The molecule has 0 amide bonds. The Labute approximate surface area is 87.3 Å². The van der Waals surface area contributed by atoms with Crippen molar-refractivity contribution < 1.29 is 13.5 Å². The molecule has 2 rings (SSSR count). The van der Waals surface area contributed by atoms with Crippen LogP contribution in [0.15, 0.2) is 40.8 Å². The molecule has 0 aromatic heterocycles. The number of allylic oxidation sites excluding steroid dienone is 2. The molecule has 0 atom stereocenters. The molecule has 0 fully saturated rings. The van der Waals surface area contributed by atoms with Crippen molar-refractivity contribution in [3.63, 3.8) is 0 Å². The Bertz CT molecular complexity index is 570. The minimum atomic E-state index is -3.47. The van der Waals surface area contributed by atoms with Crippen LogP contribution in [0, 0.1) is 0 Å². The summed E-state index contributed by atoms with van der Waals surface area (Å²) in [4.78, 5) is 0. The van der Waals surface area contributed by atoms with Crippen molar-refractivity contribution in [2.75, 3.05) is 0 Å². The first kappa shape index (κ1) is 9.79. The average Bonchev–Trinajstić information content (AvgIpc) is 2.44. The summed E-state index contributed by atoms with van der Waals surface area (Å²) in [5.41, 5.74) is 6.24. The lowest BCUT2D eigenvalue weighted by Crippen LogP contribution is -2.07. The van der Waals surface area contributed by atoms with E-state index >= 15 is 0 Å². The van der Waals surface area contributed by atoms with Gasteiger partial charge in [0.1, 0.15) is 10.8 Å². The van der Waals surface area contributed by atoms with Gasteiger partial charge >= 0.3 is 0 Å². The lowest BCUT2D eigenvalue weighted by molar-refractivity contribution is 0.473. The van der Waals surface area contributed by atoms with Crippen LogP contribution in [-0.2, 0) is 9.84 Å². The summed E-state index contributed by atoms with van der Waals surface area (Å²) in [6.45, 7) is 0. The predicted molar refractivity (Wildman–Crippen MR) is 57.3 cm³/mol. The maximum absolute atomic E-state index is 11.3. The summed E-state index contributed by atoms with van der Waals surface area (Å²) >= 11 is 0. The standard InChI is InChI=1S/C10H9NO3S/c11-10-8(5-6-15(10,13)14)7-3-1-2-4-9(7)12/h1-6,12H,11H2. The Kier molecular flexibility index (Phi) is 2.04. The van der Waals surface area contributed by atoms with Crippen LogP contribution in [0.5, 0.6) is 5.75 Å². The van der Waals surface area contributed by atoms with E-state index < -0.39 is 9.84 Å². The lowest BCUT2D eigenvalue weighted by Gasteiger charge is -2.04. The highest BCUT2D eigenvalue weighted by Crippen LogP contribution is 2.32. The van der Waals surface area contributed by atoms with Crippen molar-refractivity contribution in [1.29, 1.82) is 0 Å². The molecule has 0 unspecified atom stereocenters. The molecule has 1 aromatic rings. The van der Waals surface area contributed by atoms with Crippen LogP contribution < -0.4 is 5.73 Å². The van der Waals surface area contributed by atoms with Crippen molar-refractivity contribution in [3.8, 4) is 5.75 Å². The van der Waals surface area contributed by atoms with Crippen LogP contribution in [0.25, 0.3) is 5.57 Å². The van der Waals surface area contributed by atoms with Crippen molar-refractivity contribution in [1.82, 2.24) is 0 Å². The van der Waals surface area contributed by atoms with E-state index in [2.05, 4.69) is 0 Å². The Morgan fingerprint density at radius 3 is 2.40 bits per heavy atom. The first-order valence-electron chi connectivity index (χ1n) is 4.23. The Morgan fingerprint density at radius 2 is 1.87 bits per heavy atom. The van der Waals surface area contributed by atoms with E-state index in [0.29, 0.717) is 11.1 Å². The zero-order valence-corrected chi connectivity index (χ0v) is 8.53. The van der Waals surface area contributed by atoms with Gasteiger partial charge in [0.15, 0.2) is 0 Å². The highest BCUT2D eigenvalue weighted by molar-refractivity contribution is 7.98. The van der Waals surface area contributed by atoms with Gasteiger partial charge < -0.3 is 10.8 Å². The third-order valence-electron chi connectivity index (χ3n) is 2.18. The predicted octanol–water partition coefficient (Wildman–Crippen LogP) is 0.962. The number of phenols is 1. The fourth-order valence-corrected chi connectivity index (χ4v) is 2.34. The van der Waals surface area contributed by atoms with E-state index in [4.69, 9.17) is 5.73 Å². The summed E-state index contributed by atoms with van der Waals surface area (Å²) in [6.07, 6.45) is 1.39. The van der Waals surface area contributed by atoms with Gasteiger partial charge in [-0.25, -0.2) is 8.42 Å². The molecule has 1 aliphatic heterocycles. The molecule has 1 aliphatic rings. The lowest BCUT2D eigenvalue weighted by atomic mass is 10.1. The highest BCUT2D eigenvalue weighted by Gasteiger charge is 2.23. The van der Waals surface area contributed by atoms with Crippen molar-refractivity contribution in [2.24, 2.45) is 5.73 Å². The molecule has 0 aliphatic carbocycles. The Morgan fingerprint density at radius 1 is 1.20 bits per heavy atom. The molecular weight excluding hydrogens is 214 g/mol. The Balaban J connectivity index is 2.66. The number of hydrogen-bond donors (Lipinski definition) is 2. The molecule has 1 aromatic carbocycles. The number of phenolic OH excluding ortho intramolecular Hbond substituents is 1. The minimum Gasteiger partial charge on any atom is -0.507 e. The topological polar surface area (TPSA) is 80.4 Å². The fourth-order valence-electron chi connectivity index (χ4n) is 1.39. The van der Waals surface area contributed by atoms with Gasteiger partial charge in [0.05, 0.1) is 0 Å². The van der Waals surface area contributed by atoms with Gasteiger partial charge in [0.2, 0.25) is 9.84 Å². The molecule has 15 heavy (non-hydrogen) atoms. The number of hydrogen-bond acceptors (Lipinski definition) is 4. The van der Waals surface area contributed by atoms with Gasteiger partial charge in [0.25, 0.3) is 0 Å². The number of sulfone groups is 1.